The Morgan fingerprint density at radius 2 is 2.19 bits per heavy atom. The van der Waals surface area contributed by atoms with Crippen LogP contribution >= 0.6 is 11.8 Å². The molecule has 21 heavy (non-hydrogen) atoms. The average Bonchev–Trinajstić information content (AvgIpc) is 3.08. The van der Waals surface area contributed by atoms with Gasteiger partial charge in [0.1, 0.15) is 11.3 Å². The second-order valence-corrected chi connectivity index (χ2v) is 6.87. The molecule has 108 valence electrons. The molecule has 0 fully saturated rings. The molecule has 4 rings (SSSR count). The molecule has 0 amide bonds. The van der Waals surface area contributed by atoms with Crippen LogP contribution in [0.1, 0.15) is 25.2 Å². The minimum absolute atomic E-state index is 0.501. The number of thioether (sulfide) groups is 1. The van der Waals surface area contributed by atoms with Crippen LogP contribution in [0.2, 0.25) is 0 Å². The summed E-state index contributed by atoms with van der Waals surface area (Å²) in [5.74, 6) is 1.46. The number of fused-ring (bicyclic) bond motifs is 2. The Kier molecular flexibility index (Phi) is 2.89. The molecule has 0 unspecified atom stereocenters. The van der Waals surface area contributed by atoms with E-state index in [9.17, 15) is 0 Å². The van der Waals surface area contributed by atoms with E-state index in [1.807, 2.05) is 24.8 Å². The van der Waals surface area contributed by atoms with Gasteiger partial charge in [-0.2, -0.15) is 0 Å². The molecule has 2 aliphatic heterocycles. The molecular weight excluding hydrogens is 280 g/mol. The lowest BCUT2D eigenvalue weighted by Crippen LogP contribution is -2.20. The molecule has 0 atom stereocenters. The number of furan rings is 1. The van der Waals surface area contributed by atoms with Gasteiger partial charge in [-0.3, -0.25) is 4.99 Å². The zero-order valence-corrected chi connectivity index (χ0v) is 13.3. The van der Waals surface area contributed by atoms with Gasteiger partial charge in [-0.25, -0.2) is 0 Å². The first-order valence-electron chi connectivity index (χ1n) is 7.38. The van der Waals surface area contributed by atoms with E-state index < -0.39 is 0 Å². The second kappa shape index (κ2) is 4.67. The molecule has 1 aromatic heterocycles. The third kappa shape index (κ3) is 1.93. The Balaban J connectivity index is 1.96. The quantitative estimate of drug-likeness (QED) is 0.818. The first kappa shape index (κ1) is 13.0. The zero-order chi connectivity index (χ0) is 14.6. The Hall–Kier alpha value is -1.68. The van der Waals surface area contributed by atoms with Crippen LogP contribution in [0.5, 0.6) is 0 Å². The second-order valence-electron chi connectivity index (χ2n) is 5.86. The standard InChI is InChI=1S/C17H18N2OS/c1-10(2)16-15(19-8-7-18-17(19)21-16)12-5-4-6-14-13(12)9-11(3)20-14/h4-6,9-10H,7-8H2,1-3H3. The summed E-state index contributed by atoms with van der Waals surface area (Å²) in [4.78, 5) is 8.42. The summed E-state index contributed by atoms with van der Waals surface area (Å²) in [7, 11) is 0. The maximum Gasteiger partial charge on any atom is 0.168 e. The molecular formula is C17H18N2OS. The van der Waals surface area contributed by atoms with Crippen LogP contribution in [-0.4, -0.2) is 23.2 Å². The van der Waals surface area contributed by atoms with E-state index in [4.69, 9.17) is 4.42 Å². The number of amidine groups is 1. The van der Waals surface area contributed by atoms with Crippen molar-refractivity contribution >= 4 is 33.6 Å². The van der Waals surface area contributed by atoms with E-state index in [2.05, 4.69) is 41.9 Å². The van der Waals surface area contributed by atoms with Gasteiger partial charge >= 0.3 is 0 Å². The molecule has 0 saturated carbocycles. The Bertz CT molecular complexity index is 785. The summed E-state index contributed by atoms with van der Waals surface area (Å²) in [6, 6.07) is 8.48. The van der Waals surface area contributed by atoms with Gasteiger partial charge in [-0.05, 0) is 25.0 Å². The predicted molar refractivity (Wildman–Crippen MR) is 89.3 cm³/mol. The normalized spacial score (nSPS) is 18.1. The number of benzene rings is 1. The van der Waals surface area contributed by atoms with Gasteiger partial charge in [-0.1, -0.05) is 37.7 Å². The van der Waals surface area contributed by atoms with Crippen molar-refractivity contribution in [3.05, 3.63) is 40.5 Å². The van der Waals surface area contributed by atoms with Crippen molar-refractivity contribution in [3.63, 3.8) is 0 Å². The fourth-order valence-corrected chi connectivity index (χ4v) is 4.26. The van der Waals surface area contributed by atoms with Gasteiger partial charge in [-0.15, -0.1) is 0 Å². The number of allylic oxidation sites excluding steroid dienone is 1. The van der Waals surface area contributed by atoms with Crippen LogP contribution in [0.4, 0.5) is 0 Å². The van der Waals surface area contributed by atoms with Gasteiger partial charge in [0.25, 0.3) is 0 Å². The van der Waals surface area contributed by atoms with Gasteiger partial charge < -0.3 is 9.32 Å². The highest BCUT2D eigenvalue weighted by Crippen LogP contribution is 2.46. The van der Waals surface area contributed by atoms with Gasteiger partial charge in [0.15, 0.2) is 5.17 Å². The van der Waals surface area contributed by atoms with Gasteiger partial charge in [0.2, 0.25) is 0 Å². The lowest BCUT2D eigenvalue weighted by atomic mass is 10.0. The highest BCUT2D eigenvalue weighted by atomic mass is 32.2. The summed E-state index contributed by atoms with van der Waals surface area (Å²) in [6.45, 7) is 8.41. The van der Waals surface area contributed by atoms with E-state index >= 15 is 0 Å². The molecule has 0 spiro atoms. The maximum absolute atomic E-state index is 5.80. The van der Waals surface area contributed by atoms with Crippen LogP contribution < -0.4 is 0 Å². The molecule has 3 nitrogen and oxygen atoms in total. The van der Waals surface area contributed by atoms with Gasteiger partial charge in [0.05, 0.1) is 12.2 Å². The third-order valence-electron chi connectivity index (χ3n) is 3.97. The summed E-state index contributed by atoms with van der Waals surface area (Å²) < 4.78 is 5.80. The monoisotopic (exact) mass is 298 g/mol. The summed E-state index contributed by atoms with van der Waals surface area (Å²) >= 11 is 1.83. The lowest BCUT2D eigenvalue weighted by molar-refractivity contribution is 0.578. The largest absolute Gasteiger partial charge is 0.461 e. The number of hydrogen-bond acceptors (Lipinski definition) is 4. The van der Waals surface area contributed by atoms with Crippen LogP contribution in [0.25, 0.3) is 16.7 Å². The topological polar surface area (TPSA) is 28.7 Å². The molecule has 0 saturated heterocycles. The van der Waals surface area contributed by atoms with Crippen molar-refractivity contribution in [1.29, 1.82) is 0 Å². The smallest absolute Gasteiger partial charge is 0.168 e. The minimum Gasteiger partial charge on any atom is -0.461 e. The highest BCUT2D eigenvalue weighted by Gasteiger charge is 2.34. The number of aryl methyl sites for hydroxylation is 1. The van der Waals surface area contributed by atoms with E-state index in [1.165, 1.54) is 21.6 Å². The van der Waals surface area contributed by atoms with E-state index in [-0.39, 0.29) is 0 Å². The first-order valence-corrected chi connectivity index (χ1v) is 8.20. The van der Waals surface area contributed by atoms with Gasteiger partial charge in [0, 0.05) is 22.4 Å². The fraction of sp³-hybridized carbons (Fsp3) is 0.353. The van der Waals surface area contributed by atoms with E-state index in [0.717, 1.165) is 29.6 Å². The van der Waals surface area contributed by atoms with Crippen molar-refractivity contribution in [2.75, 3.05) is 13.1 Å². The van der Waals surface area contributed by atoms with Crippen LogP contribution in [0.15, 0.2) is 38.6 Å². The first-order chi connectivity index (χ1) is 10.1. The van der Waals surface area contributed by atoms with Crippen molar-refractivity contribution in [2.45, 2.75) is 20.8 Å². The molecule has 4 heteroatoms. The molecule has 2 aromatic rings. The van der Waals surface area contributed by atoms with Crippen molar-refractivity contribution in [1.82, 2.24) is 4.90 Å². The number of nitrogens with zero attached hydrogens (tertiary/aromatic N) is 2. The van der Waals surface area contributed by atoms with Crippen LogP contribution in [0.3, 0.4) is 0 Å². The summed E-state index contributed by atoms with van der Waals surface area (Å²) in [5.41, 5.74) is 3.57. The molecule has 0 radical (unpaired) electrons. The predicted octanol–water partition coefficient (Wildman–Crippen LogP) is 4.48. The van der Waals surface area contributed by atoms with Crippen LogP contribution in [-0.2, 0) is 0 Å². The molecule has 0 aliphatic carbocycles. The molecule has 3 heterocycles. The number of aliphatic imine (C=N–C) groups is 1. The Morgan fingerprint density at radius 1 is 1.33 bits per heavy atom. The summed E-state index contributed by atoms with van der Waals surface area (Å²) in [6.07, 6.45) is 0. The Labute approximate surface area is 128 Å². The molecule has 1 aromatic carbocycles. The number of hydrogen-bond donors (Lipinski definition) is 0. The van der Waals surface area contributed by atoms with E-state index in [1.54, 1.807) is 0 Å². The fourth-order valence-electron chi connectivity index (χ4n) is 3.07. The molecule has 0 bridgehead atoms. The summed E-state index contributed by atoms with van der Waals surface area (Å²) in [5, 5.41) is 2.36. The van der Waals surface area contributed by atoms with E-state index in [0.29, 0.717) is 5.92 Å². The maximum atomic E-state index is 5.80. The van der Waals surface area contributed by atoms with Crippen molar-refractivity contribution in [3.8, 4) is 0 Å². The lowest BCUT2D eigenvalue weighted by Gasteiger charge is -2.18. The van der Waals surface area contributed by atoms with Crippen LogP contribution in [0, 0.1) is 12.8 Å². The molecule has 0 N–H and O–H groups in total. The van der Waals surface area contributed by atoms with Crippen molar-refractivity contribution < 1.29 is 4.42 Å². The highest BCUT2D eigenvalue weighted by molar-refractivity contribution is 8.17. The van der Waals surface area contributed by atoms with Crippen molar-refractivity contribution in [2.24, 2.45) is 10.9 Å². The third-order valence-corrected chi connectivity index (χ3v) is 5.39. The Morgan fingerprint density at radius 3 is 3.00 bits per heavy atom. The zero-order valence-electron chi connectivity index (χ0n) is 12.5. The SMILES string of the molecule is Cc1cc2c(C3=C(C(C)C)SC4=NCCN43)cccc2o1. The molecule has 2 aliphatic rings. The number of rotatable bonds is 2. The average molecular weight is 298 g/mol. The minimum atomic E-state index is 0.501.